The van der Waals surface area contributed by atoms with Crippen LogP contribution in [-0.4, -0.2) is 26.9 Å². The number of hydrogen-bond donors (Lipinski definition) is 1. The monoisotopic (exact) mass is 383 g/mol. The summed E-state index contributed by atoms with van der Waals surface area (Å²) in [5, 5.41) is 5.79. The van der Waals surface area contributed by atoms with E-state index in [0.29, 0.717) is 28.5 Å². The largest absolute Gasteiger partial charge is 0.341 e. The Balaban J connectivity index is 2.32. The number of halogens is 2. The highest BCUT2D eigenvalue weighted by molar-refractivity contribution is 7.84. The van der Waals surface area contributed by atoms with E-state index in [-0.39, 0.29) is 6.61 Å². The van der Waals surface area contributed by atoms with Crippen LogP contribution in [0.3, 0.4) is 0 Å². The molecule has 0 spiro atoms. The van der Waals surface area contributed by atoms with Gasteiger partial charge in [-0.05, 0) is 25.0 Å². The van der Waals surface area contributed by atoms with E-state index >= 15 is 0 Å². The molecule has 1 aliphatic rings. The van der Waals surface area contributed by atoms with Gasteiger partial charge in [0.25, 0.3) is 0 Å². The summed E-state index contributed by atoms with van der Waals surface area (Å²) in [6.07, 6.45) is -0.0536. The van der Waals surface area contributed by atoms with Crippen molar-refractivity contribution < 1.29 is 22.1 Å². The van der Waals surface area contributed by atoms with Crippen LogP contribution in [0.5, 0.6) is 0 Å². The third-order valence-corrected chi connectivity index (χ3v) is 4.82. The van der Waals surface area contributed by atoms with Crippen molar-refractivity contribution in [2.45, 2.75) is 44.7 Å². The first-order valence-corrected chi connectivity index (χ1v) is 9.40. The van der Waals surface area contributed by atoms with Crippen molar-refractivity contribution in [3.63, 3.8) is 0 Å². The average Bonchev–Trinajstić information content (AvgIpc) is 2.84. The second-order valence-corrected chi connectivity index (χ2v) is 7.32. The second kappa shape index (κ2) is 7.23. The van der Waals surface area contributed by atoms with Gasteiger partial charge in [0.2, 0.25) is 0 Å². The van der Waals surface area contributed by atoms with Crippen LogP contribution in [0.2, 0.25) is 10.0 Å². The highest BCUT2D eigenvalue weighted by Crippen LogP contribution is 2.44. The maximum absolute atomic E-state index is 11.1. The van der Waals surface area contributed by atoms with Crippen LogP contribution in [0.25, 0.3) is 0 Å². The Morgan fingerprint density at radius 3 is 2.43 bits per heavy atom. The molecule has 2 rings (SSSR count). The lowest BCUT2D eigenvalue weighted by Crippen LogP contribution is -2.31. The predicted octanol–water partition coefficient (Wildman–Crippen LogP) is 3.19. The fourth-order valence-corrected chi connectivity index (χ4v) is 3.38. The van der Waals surface area contributed by atoms with Crippen molar-refractivity contribution in [2.24, 2.45) is 5.14 Å². The van der Waals surface area contributed by atoms with Gasteiger partial charge < -0.3 is 9.47 Å². The maximum Gasteiger partial charge on any atom is 0.333 e. The molecule has 2 atom stereocenters. The first-order valence-electron chi connectivity index (χ1n) is 7.17. The minimum atomic E-state index is -4.07. The minimum absolute atomic E-state index is 0.260. The summed E-state index contributed by atoms with van der Waals surface area (Å²) in [5.41, 5.74) is 0.655. The lowest BCUT2D eigenvalue weighted by Gasteiger charge is -2.25. The predicted molar refractivity (Wildman–Crippen MR) is 87.5 cm³/mol. The highest BCUT2D eigenvalue weighted by Gasteiger charge is 2.47. The lowest BCUT2D eigenvalue weighted by atomic mass is 10.1. The van der Waals surface area contributed by atoms with E-state index < -0.39 is 28.3 Å². The van der Waals surface area contributed by atoms with Crippen molar-refractivity contribution in [3.05, 3.63) is 33.8 Å². The van der Waals surface area contributed by atoms with Gasteiger partial charge in [0, 0.05) is 15.6 Å². The van der Waals surface area contributed by atoms with Crippen molar-refractivity contribution in [1.29, 1.82) is 0 Å². The molecular formula is C14H19Cl2NO5S. The molecule has 1 aromatic carbocycles. The summed E-state index contributed by atoms with van der Waals surface area (Å²) in [4.78, 5) is 0. The molecule has 2 N–H and O–H groups in total. The Bertz CT molecular complexity index is 663. The molecule has 1 heterocycles. The topological polar surface area (TPSA) is 87.9 Å². The van der Waals surface area contributed by atoms with Crippen LogP contribution in [-0.2, 0) is 24.0 Å². The van der Waals surface area contributed by atoms with Gasteiger partial charge >= 0.3 is 10.3 Å². The molecule has 0 radical (unpaired) electrons. The maximum atomic E-state index is 11.1. The Labute approximate surface area is 146 Å². The molecule has 1 aliphatic heterocycles. The molecule has 0 saturated carbocycles. The molecule has 2 unspecified atom stereocenters. The molecule has 0 aliphatic carbocycles. The van der Waals surface area contributed by atoms with Crippen LogP contribution >= 0.6 is 23.2 Å². The Kier molecular flexibility index (Phi) is 5.94. The van der Waals surface area contributed by atoms with Gasteiger partial charge in [-0.15, -0.1) is 0 Å². The van der Waals surface area contributed by atoms with Gasteiger partial charge in [-0.2, -0.15) is 8.42 Å². The van der Waals surface area contributed by atoms with Crippen LogP contribution in [0, 0.1) is 0 Å². The first kappa shape index (κ1) is 18.9. The molecule has 130 valence electrons. The first-order chi connectivity index (χ1) is 10.7. The van der Waals surface area contributed by atoms with Gasteiger partial charge in [0.15, 0.2) is 5.79 Å². The summed E-state index contributed by atoms with van der Waals surface area (Å²) in [5.74, 6) is -0.819. The van der Waals surface area contributed by atoms with Crippen molar-refractivity contribution in [1.82, 2.24) is 0 Å². The van der Waals surface area contributed by atoms with Crippen LogP contribution in [0.4, 0.5) is 0 Å². The van der Waals surface area contributed by atoms with Gasteiger partial charge in [0.05, 0.1) is 6.61 Å². The molecule has 0 aromatic heterocycles. The highest BCUT2D eigenvalue weighted by atomic mass is 35.5. The summed E-state index contributed by atoms with van der Waals surface area (Å²) in [6, 6.07) is 5.00. The number of benzene rings is 1. The molecule has 1 fully saturated rings. The summed E-state index contributed by atoms with van der Waals surface area (Å²) < 4.78 is 38.8. The number of ether oxygens (including phenoxy) is 2. The number of hydrogen-bond acceptors (Lipinski definition) is 5. The fraction of sp³-hybridized carbons (Fsp3) is 0.571. The molecule has 1 aromatic rings. The zero-order valence-electron chi connectivity index (χ0n) is 12.8. The number of nitrogens with two attached hydrogens (primary N) is 1. The third-order valence-electron chi connectivity index (χ3n) is 3.79. The van der Waals surface area contributed by atoms with E-state index in [2.05, 4.69) is 4.18 Å². The van der Waals surface area contributed by atoms with E-state index in [1.165, 1.54) is 0 Å². The zero-order chi connectivity index (χ0) is 17.3. The molecule has 9 heteroatoms. The quantitative estimate of drug-likeness (QED) is 0.814. The van der Waals surface area contributed by atoms with E-state index in [0.717, 1.165) is 0 Å². The van der Waals surface area contributed by atoms with E-state index in [1.54, 1.807) is 18.2 Å². The third kappa shape index (κ3) is 4.57. The Morgan fingerprint density at radius 2 is 1.91 bits per heavy atom. The molecular weight excluding hydrogens is 365 g/mol. The number of rotatable bonds is 6. The van der Waals surface area contributed by atoms with Crippen molar-refractivity contribution >= 4 is 33.5 Å². The average molecular weight is 384 g/mol. The summed E-state index contributed by atoms with van der Waals surface area (Å²) in [6.45, 7) is 3.59. The van der Waals surface area contributed by atoms with Crippen molar-refractivity contribution in [2.75, 3.05) is 6.61 Å². The van der Waals surface area contributed by atoms with Crippen LogP contribution in [0.1, 0.15) is 38.4 Å². The van der Waals surface area contributed by atoms with E-state index in [9.17, 15) is 8.42 Å². The van der Waals surface area contributed by atoms with Crippen molar-refractivity contribution in [3.8, 4) is 0 Å². The van der Waals surface area contributed by atoms with Gasteiger partial charge in [-0.25, -0.2) is 5.14 Å². The molecule has 1 saturated heterocycles. The Hall–Kier alpha value is -0.410. The SMILES string of the molecule is CCC1(CC)OC(COS(N)(=O)=O)C(c2ccc(Cl)cc2Cl)O1. The zero-order valence-corrected chi connectivity index (χ0v) is 15.1. The molecule has 0 bridgehead atoms. The molecule has 0 amide bonds. The molecule has 23 heavy (non-hydrogen) atoms. The fourth-order valence-electron chi connectivity index (χ4n) is 2.54. The van der Waals surface area contributed by atoms with Gasteiger partial charge in [0.1, 0.15) is 12.2 Å². The van der Waals surface area contributed by atoms with Crippen LogP contribution < -0.4 is 5.14 Å². The Morgan fingerprint density at radius 1 is 1.26 bits per heavy atom. The standard InChI is InChI=1S/C14H19Cl2NO5S/c1-3-14(4-2)21-12(8-20-23(17,18)19)13(22-14)10-6-5-9(15)7-11(10)16/h5-7,12-13H,3-4,8H2,1-2H3,(H2,17,18,19). The minimum Gasteiger partial charge on any atom is -0.341 e. The van der Waals surface area contributed by atoms with Crippen LogP contribution in [0.15, 0.2) is 18.2 Å². The van der Waals surface area contributed by atoms with Gasteiger partial charge in [-0.3, -0.25) is 4.18 Å². The van der Waals surface area contributed by atoms with Gasteiger partial charge in [-0.1, -0.05) is 43.1 Å². The van der Waals surface area contributed by atoms with E-state index in [4.69, 9.17) is 37.8 Å². The van der Waals surface area contributed by atoms with E-state index in [1.807, 2.05) is 13.8 Å². The second-order valence-electron chi connectivity index (χ2n) is 5.26. The normalized spacial score (nSPS) is 24.0. The summed E-state index contributed by atoms with van der Waals surface area (Å²) >= 11 is 12.2. The summed E-state index contributed by atoms with van der Waals surface area (Å²) in [7, 11) is -4.07. The molecule has 6 nitrogen and oxygen atoms in total. The smallest absolute Gasteiger partial charge is 0.333 e. The lowest BCUT2D eigenvalue weighted by molar-refractivity contribution is -0.181.